The van der Waals surface area contributed by atoms with E-state index < -0.39 is 5.97 Å². The molecule has 2 aromatic rings. The fourth-order valence-corrected chi connectivity index (χ4v) is 3.13. The quantitative estimate of drug-likeness (QED) is 0.654. The van der Waals surface area contributed by atoms with Gasteiger partial charge in [0.1, 0.15) is 5.82 Å². The lowest BCUT2D eigenvalue weighted by molar-refractivity contribution is -0.131. The van der Waals surface area contributed by atoms with Crippen molar-refractivity contribution >= 4 is 35.3 Å². The van der Waals surface area contributed by atoms with Crippen molar-refractivity contribution < 1.29 is 9.90 Å². The van der Waals surface area contributed by atoms with Gasteiger partial charge < -0.3 is 5.11 Å². The monoisotopic (exact) mass is 306 g/mol. The number of carboxylic acid groups (broad SMARTS) is 1. The van der Waals surface area contributed by atoms with Crippen molar-refractivity contribution in [1.29, 1.82) is 0 Å². The average molecular weight is 306 g/mol. The van der Waals surface area contributed by atoms with Gasteiger partial charge in [-0.05, 0) is 28.7 Å². The number of aromatic nitrogens is 2. The Kier molecular flexibility index (Phi) is 5.31. The Bertz CT molecular complexity index is 606. The highest BCUT2D eigenvalue weighted by atomic mass is 32.2. The molecule has 0 spiro atoms. The number of benzene rings is 1. The largest absolute Gasteiger partial charge is 0.478 e. The number of aliphatic carboxylic acids is 1. The van der Waals surface area contributed by atoms with Crippen LogP contribution in [0.25, 0.3) is 6.08 Å². The molecule has 2 rings (SSSR count). The molecule has 0 amide bonds. The van der Waals surface area contributed by atoms with E-state index in [9.17, 15) is 4.79 Å². The van der Waals surface area contributed by atoms with E-state index in [4.69, 9.17) is 5.11 Å². The van der Waals surface area contributed by atoms with Crippen LogP contribution in [0.4, 0.5) is 0 Å². The van der Waals surface area contributed by atoms with Gasteiger partial charge in [0.2, 0.25) is 0 Å². The second kappa shape index (κ2) is 7.21. The second-order valence-electron chi connectivity index (χ2n) is 4.03. The normalized spacial score (nSPS) is 11.1. The molecule has 0 aliphatic heterocycles. The highest BCUT2D eigenvalue weighted by molar-refractivity contribution is 8.00. The van der Waals surface area contributed by atoms with Crippen molar-refractivity contribution in [3.8, 4) is 0 Å². The summed E-state index contributed by atoms with van der Waals surface area (Å²) < 4.78 is 5.23. The van der Waals surface area contributed by atoms with Crippen LogP contribution in [0.1, 0.15) is 23.9 Å². The Balaban J connectivity index is 1.92. The van der Waals surface area contributed by atoms with E-state index in [0.29, 0.717) is 0 Å². The summed E-state index contributed by atoms with van der Waals surface area (Å²) in [6.45, 7) is 2.04. The Morgan fingerprint density at radius 3 is 2.75 bits per heavy atom. The standard InChI is InChI=1S/C14H14N2O2S2/c1-2-12-15-14(20-16-12)19-9-11-5-3-10(4-6-11)7-8-13(17)18/h3-8H,2,9H2,1H3,(H,17,18)/b8-7+. The molecule has 0 aliphatic carbocycles. The van der Waals surface area contributed by atoms with Gasteiger partial charge in [-0.2, -0.15) is 4.37 Å². The maximum Gasteiger partial charge on any atom is 0.328 e. The average Bonchev–Trinajstić information content (AvgIpc) is 2.92. The number of hydrogen-bond acceptors (Lipinski definition) is 5. The molecule has 1 aromatic carbocycles. The zero-order chi connectivity index (χ0) is 14.4. The maximum absolute atomic E-state index is 10.4. The molecule has 0 saturated heterocycles. The van der Waals surface area contributed by atoms with Crippen LogP contribution in [0.2, 0.25) is 0 Å². The summed E-state index contributed by atoms with van der Waals surface area (Å²) in [5.74, 6) is 0.792. The summed E-state index contributed by atoms with van der Waals surface area (Å²) in [6, 6.07) is 7.81. The molecule has 4 nitrogen and oxygen atoms in total. The lowest BCUT2D eigenvalue weighted by Gasteiger charge is -1.99. The fraction of sp³-hybridized carbons (Fsp3) is 0.214. The number of carbonyl (C=O) groups is 1. The third kappa shape index (κ3) is 4.47. The molecule has 0 aliphatic rings. The van der Waals surface area contributed by atoms with E-state index >= 15 is 0 Å². The molecule has 1 heterocycles. The van der Waals surface area contributed by atoms with Crippen LogP contribution >= 0.6 is 23.3 Å². The first-order valence-electron chi connectivity index (χ1n) is 6.12. The second-order valence-corrected chi connectivity index (χ2v) is 6.01. The van der Waals surface area contributed by atoms with Crippen LogP contribution in [0, 0.1) is 0 Å². The minimum absolute atomic E-state index is 0.835. The minimum atomic E-state index is -0.937. The molecule has 0 fully saturated rings. The molecule has 0 unspecified atom stereocenters. The van der Waals surface area contributed by atoms with Crippen LogP contribution < -0.4 is 0 Å². The van der Waals surface area contributed by atoms with Gasteiger partial charge in [0.05, 0.1) is 0 Å². The smallest absolute Gasteiger partial charge is 0.328 e. The van der Waals surface area contributed by atoms with Crippen molar-refractivity contribution in [2.45, 2.75) is 23.4 Å². The van der Waals surface area contributed by atoms with Gasteiger partial charge in [-0.3, -0.25) is 0 Å². The van der Waals surface area contributed by atoms with Crippen LogP contribution in [0.3, 0.4) is 0 Å². The molecule has 1 N–H and O–H groups in total. The number of nitrogens with zero attached hydrogens (tertiary/aromatic N) is 2. The van der Waals surface area contributed by atoms with Crippen molar-refractivity contribution in [3.05, 3.63) is 47.3 Å². The van der Waals surface area contributed by atoms with Crippen LogP contribution in [0.15, 0.2) is 34.7 Å². The first-order valence-corrected chi connectivity index (χ1v) is 7.88. The predicted octanol–water partition coefficient (Wildman–Crippen LogP) is 3.49. The number of thioether (sulfide) groups is 1. The molecule has 0 saturated carbocycles. The van der Waals surface area contributed by atoms with Crippen LogP contribution in [-0.2, 0) is 17.0 Å². The van der Waals surface area contributed by atoms with Gasteiger partial charge in [-0.1, -0.05) is 43.0 Å². The van der Waals surface area contributed by atoms with E-state index in [1.54, 1.807) is 17.8 Å². The third-order valence-electron chi connectivity index (χ3n) is 2.53. The lowest BCUT2D eigenvalue weighted by Crippen LogP contribution is -1.86. The van der Waals surface area contributed by atoms with E-state index in [0.717, 1.165) is 34.0 Å². The molecule has 0 atom stereocenters. The van der Waals surface area contributed by atoms with E-state index in [1.165, 1.54) is 17.1 Å². The number of carboxylic acids is 1. The topological polar surface area (TPSA) is 63.1 Å². The molecule has 6 heteroatoms. The molecule has 1 aromatic heterocycles. The molecular weight excluding hydrogens is 292 g/mol. The summed E-state index contributed by atoms with van der Waals surface area (Å²) in [5.41, 5.74) is 2.06. The summed E-state index contributed by atoms with van der Waals surface area (Å²) in [6.07, 6.45) is 3.58. The Morgan fingerprint density at radius 2 is 2.15 bits per heavy atom. The van der Waals surface area contributed by atoms with E-state index in [-0.39, 0.29) is 0 Å². The summed E-state index contributed by atoms with van der Waals surface area (Å²) in [7, 11) is 0. The molecule has 104 valence electrons. The SMILES string of the molecule is CCc1nsc(SCc2ccc(/C=C/C(=O)O)cc2)n1. The third-order valence-corrected chi connectivity index (χ3v) is 4.47. The van der Waals surface area contributed by atoms with Crippen LogP contribution in [0.5, 0.6) is 0 Å². The van der Waals surface area contributed by atoms with Gasteiger partial charge in [0, 0.05) is 18.2 Å². The summed E-state index contributed by atoms with van der Waals surface area (Å²) >= 11 is 3.10. The minimum Gasteiger partial charge on any atom is -0.478 e. The highest BCUT2D eigenvalue weighted by Crippen LogP contribution is 2.24. The van der Waals surface area contributed by atoms with Gasteiger partial charge in [0.15, 0.2) is 4.34 Å². The van der Waals surface area contributed by atoms with Gasteiger partial charge >= 0.3 is 5.97 Å². The van der Waals surface area contributed by atoms with Crippen molar-refractivity contribution in [2.75, 3.05) is 0 Å². The molecular formula is C14H14N2O2S2. The van der Waals surface area contributed by atoms with Crippen molar-refractivity contribution in [1.82, 2.24) is 9.36 Å². The molecule has 0 radical (unpaired) electrons. The zero-order valence-electron chi connectivity index (χ0n) is 10.9. The van der Waals surface area contributed by atoms with E-state index in [2.05, 4.69) is 9.36 Å². The fourth-order valence-electron chi connectivity index (χ4n) is 1.48. The van der Waals surface area contributed by atoms with Gasteiger partial charge in [-0.15, -0.1) is 0 Å². The maximum atomic E-state index is 10.4. The number of hydrogen-bond donors (Lipinski definition) is 1. The Hall–Kier alpha value is -1.66. The van der Waals surface area contributed by atoms with Gasteiger partial charge in [0.25, 0.3) is 0 Å². The molecule has 0 bridgehead atoms. The van der Waals surface area contributed by atoms with Crippen LogP contribution in [-0.4, -0.2) is 20.4 Å². The van der Waals surface area contributed by atoms with Gasteiger partial charge in [-0.25, -0.2) is 9.78 Å². The van der Waals surface area contributed by atoms with Crippen molar-refractivity contribution in [3.63, 3.8) is 0 Å². The highest BCUT2D eigenvalue weighted by Gasteiger charge is 2.03. The first-order chi connectivity index (χ1) is 9.67. The molecule has 20 heavy (non-hydrogen) atoms. The zero-order valence-corrected chi connectivity index (χ0v) is 12.6. The van der Waals surface area contributed by atoms with E-state index in [1.807, 2.05) is 31.2 Å². The summed E-state index contributed by atoms with van der Waals surface area (Å²) in [4.78, 5) is 14.8. The Morgan fingerprint density at radius 1 is 1.40 bits per heavy atom. The summed E-state index contributed by atoms with van der Waals surface area (Å²) in [5, 5.41) is 8.56. The lowest BCUT2D eigenvalue weighted by atomic mass is 10.1. The predicted molar refractivity (Wildman–Crippen MR) is 82.0 cm³/mol. The number of rotatable bonds is 6. The first kappa shape index (κ1) is 14.7. The number of aryl methyl sites for hydroxylation is 1. The van der Waals surface area contributed by atoms with Crippen molar-refractivity contribution in [2.24, 2.45) is 0 Å². The Labute approximate surface area is 125 Å².